The summed E-state index contributed by atoms with van der Waals surface area (Å²) in [6.45, 7) is 3.93. The van der Waals surface area contributed by atoms with E-state index < -0.39 is 6.09 Å². The van der Waals surface area contributed by atoms with Crippen LogP contribution in [0.2, 0.25) is 0 Å². The Morgan fingerprint density at radius 2 is 1.69 bits per heavy atom. The van der Waals surface area contributed by atoms with Gasteiger partial charge in [-0.15, -0.1) is 0 Å². The van der Waals surface area contributed by atoms with Crippen LogP contribution in [0.15, 0.2) is 48.9 Å². The number of benzene rings is 1. The number of ether oxygens (including phenoxy) is 1. The second-order valence-corrected chi connectivity index (χ2v) is 8.05. The molecular weight excluding hydrogens is 464 g/mol. The number of carbonyl (C=O) groups is 2. The van der Waals surface area contributed by atoms with Gasteiger partial charge in [0.25, 0.3) is 0 Å². The van der Waals surface area contributed by atoms with Crippen molar-refractivity contribution < 1.29 is 19.4 Å². The van der Waals surface area contributed by atoms with Crippen molar-refractivity contribution >= 4 is 40.5 Å². The Hall–Kier alpha value is -4.71. The maximum Gasteiger partial charge on any atom is 0.411 e. The van der Waals surface area contributed by atoms with Crippen LogP contribution in [-0.2, 0) is 9.53 Å². The van der Waals surface area contributed by atoms with Gasteiger partial charge in [0.2, 0.25) is 11.9 Å². The van der Waals surface area contributed by atoms with Crippen molar-refractivity contribution in [3.05, 3.63) is 48.9 Å². The molecule has 5 rings (SSSR count). The number of rotatable bonds is 5. The van der Waals surface area contributed by atoms with Crippen LogP contribution in [0.5, 0.6) is 0 Å². The first-order chi connectivity index (χ1) is 17.5. The van der Waals surface area contributed by atoms with Gasteiger partial charge in [-0.2, -0.15) is 0 Å². The van der Waals surface area contributed by atoms with Gasteiger partial charge in [-0.1, -0.05) is 12.1 Å². The average Bonchev–Trinajstić information content (AvgIpc) is 2.88. The highest BCUT2D eigenvalue weighted by Crippen LogP contribution is 2.30. The summed E-state index contributed by atoms with van der Waals surface area (Å²) in [4.78, 5) is 46.7. The molecular formula is C24H22N8O4. The van der Waals surface area contributed by atoms with E-state index in [0.29, 0.717) is 60.2 Å². The highest BCUT2D eigenvalue weighted by molar-refractivity contribution is 5.92. The van der Waals surface area contributed by atoms with Crippen molar-refractivity contribution in [3.8, 4) is 22.5 Å². The highest BCUT2D eigenvalue weighted by Gasteiger charge is 2.20. The smallest absolute Gasteiger partial charge is 0.411 e. The molecule has 3 N–H and O–H groups in total. The Morgan fingerprint density at radius 3 is 2.42 bits per heavy atom. The molecule has 0 spiro atoms. The second kappa shape index (κ2) is 9.88. The summed E-state index contributed by atoms with van der Waals surface area (Å²) < 4.78 is 5.50. The van der Waals surface area contributed by atoms with Crippen LogP contribution in [0.4, 0.5) is 22.2 Å². The summed E-state index contributed by atoms with van der Waals surface area (Å²) >= 11 is 0. The number of pyridine rings is 1. The molecule has 1 saturated heterocycles. The zero-order valence-electron chi connectivity index (χ0n) is 19.3. The minimum atomic E-state index is -1.25. The van der Waals surface area contributed by atoms with Crippen LogP contribution in [0.1, 0.15) is 6.92 Å². The van der Waals surface area contributed by atoms with E-state index >= 15 is 0 Å². The Kier molecular flexibility index (Phi) is 6.33. The zero-order valence-corrected chi connectivity index (χ0v) is 19.3. The lowest BCUT2D eigenvalue weighted by Crippen LogP contribution is -2.37. The van der Waals surface area contributed by atoms with E-state index in [0.717, 1.165) is 11.1 Å². The average molecular weight is 486 g/mol. The van der Waals surface area contributed by atoms with Crippen molar-refractivity contribution in [1.82, 2.24) is 24.9 Å². The Balaban J connectivity index is 1.60. The fraction of sp³-hybridized carbons (Fsp3) is 0.208. The Bertz CT molecular complexity index is 1440. The first-order valence-corrected chi connectivity index (χ1v) is 11.2. The summed E-state index contributed by atoms with van der Waals surface area (Å²) in [6, 6.07) is 9.41. The third-order valence-electron chi connectivity index (χ3n) is 5.47. The van der Waals surface area contributed by atoms with Gasteiger partial charge < -0.3 is 20.1 Å². The number of nitrogens with zero attached hydrogens (tertiary/aromatic N) is 6. The number of hydrogen-bond donors (Lipinski definition) is 3. The molecule has 4 aromatic rings. The first-order valence-electron chi connectivity index (χ1n) is 11.2. The number of hydrogen-bond acceptors (Lipinski definition) is 9. The lowest BCUT2D eigenvalue weighted by molar-refractivity contribution is -0.114. The van der Waals surface area contributed by atoms with E-state index in [2.05, 4.69) is 25.5 Å². The molecule has 0 radical (unpaired) electrons. The molecule has 12 heteroatoms. The van der Waals surface area contributed by atoms with Gasteiger partial charge in [0.1, 0.15) is 5.52 Å². The van der Waals surface area contributed by atoms with Crippen LogP contribution >= 0.6 is 0 Å². The number of carbonyl (C=O) groups excluding carboxylic acids is 1. The summed E-state index contributed by atoms with van der Waals surface area (Å²) in [6.07, 6.45) is 3.45. The lowest BCUT2D eigenvalue weighted by Gasteiger charge is -2.28. The monoisotopic (exact) mass is 486 g/mol. The molecule has 3 aromatic heterocycles. The third-order valence-corrected chi connectivity index (χ3v) is 5.47. The molecule has 0 aliphatic carbocycles. The van der Waals surface area contributed by atoms with E-state index in [9.17, 15) is 9.59 Å². The van der Waals surface area contributed by atoms with Crippen molar-refractivity contribution in [2.75, 3.05) is 41.8 Å². The standard InChI is InChI=1S/C24H22N8O4/c1-14(33)28-18-4-2-3-15(9-18)16-10-19-20(25-11-16)22(32-5-7-36-8-6-32)30-21(29-19)17-12-26-23(27-13-17)31-24(34)35/h2-4,9-13H,5-8H2,1H3,(H,28,33)(H,34,35)(H,26,27,31). The van der Waals surface area contributed by atoms with Crippen LogP contribution in [0.3, 0.4) is 0 Å². The van der Waals surface area contributed by atoms with Crippen molar-refractivity contribution in [1.29, 1.82) is 0 Å². The fourth-order valence-corrected chi connectivity index (χ4v) is 3.87. The first kappa shape index (κ1) is 23.1. The second-order valence-electron chi connectivity index (χ2n) is 8.05. The molecule has 1 aliphatic rings. The van der Waals surface area contributed by atoms with Crippen LogP contribution in [0.25, 0.3) is 33.5 Å². The Morgan fingerprint density at radius 1 is 0.944 bits per heavy atom. The van der Waals surface area contributed by atoms with E-state index in [-0.39, 0.29) is 11.9 Å². The number of morpholine rings is 1. The predicted octanol–water partition coefficient (Wildman–Crippen LogP) is 3.03. The number of fused-ring (bicyclic) bond motifs is 1. The normalized spacial score (nSPS) is 13.4. The number of carboxylic acid groups (broad SMARTS) is 1. The van der Waals surface area contributed by atoms with Gasteiger partial charge in [0.05, 0.1) is 24.3 Å². The van der Waals surface area contributed by atoms with Crippen molar-refractivity contribution in [3.63, 3.8) is 0 Å². The van der Waals surface area contributed by atoms with Gasteiger partial charge in [-0.05, 0) is 23.8 Å². The summed E-state index contributed by atoms with van der Waals surface area (Å²) in [7, 11) is 0. The highest BCUT2D eigenvalue weighted by atomic mass is 16.5. The molecule has 0 bridgehead atoms. The van der Waals surface area contributed by atoms with E-state index in [1.165, 1.54) is 19.3 Å². The molecule has 4 heterocycles. The van der Waals surface area contributed by atoms with Crippen molar-refractivity contribution in [2.24, 2.45) is 0 Å². The van der Waals surface area contributed by atoms with Gasteiger partial charge in [0, 0.05) is 49.9 Å². The number of aromatic nitrogens is 5. The lowest BCUT2D eigenvalue weighted by atomic mass is 10.1. The van der Waals surface area contributed by atoms with Crippen molar-refractivity contribution in [2.45, 2.75) is 6.92 Å². The molecule has 36 heavy (non-hydrogen) atoms. The van der Waals surface area contributed by atoms with Gasteiger partial charge in [-0.3, -0.25) is 15.1 Å². The minimum absolute atomic E-state index is 0.0385. The molecule has 1 fully saturated rings. The quantitative estimate of drug-likeness (QED) is 0.383. The molecule has 2 amide bonds. The maximum atomic E-state index is 11.5. The topological polar surface area (TPSA) is 155 Å². The summed E-state index contributed by atoms with van der Waals surface area (Å²) in [5, 5.41) is 13.8. The van der Waals surface area contributed by atoms with Gasteiger partial charge in [-0.25, -0.2) is 24.7 Å². The Labute approximate surface area is 205 Å². The van der Waals surface area contributed by atoms with Crippen LogP contribution in [-0.4, -0.2) is 68.3 Å². The number of amides is 2. The van der Waals surface area contributed by atoms with Gasteiger partial charge in [0.15, 0.2) is 11.6 Å². The number of nitrogens with one attached hydrogen (secondary N) is 2. The SMILES string of the molecule is CC(=O)Nc1cccc(-c2cnc3c(N4CCOCC4)nc(-c4cnc(NC(=O)O)nc4)nc3c2)c1. The third kappa shape index (κ3) is 5.03. The fourth-order valence-electron chi connectivity index (χ4n) is 3.87. The van der Waals surface area contributed by atoms with E-state index in [1.54, 1.807) is 6.20 Å². The van der Waals surface area contributed by atoms with Crippen LogP contribution < -0.4 is 15.5 Å². The molecule has 1 aliphatic heterocycles. The molecule has 1 aromatic carbocycles. The van der Waals surface area contributed by atoms with E-state index in [4.69, 9.17) is 24.8 Å². The number of anilines is 3. The zero-order chi connectivity index (χ0) is 25.1. The molecule has 0 saturated carbocycles. The summed E-state index contributed by atoms with van der Waals surface area (Å²) in [5.41, 5.74) is 4.18. The van der Waals surface area contributed by atoms with E-state index in [1.807, 2.05) is 30.3 Å². The predicted molar refractivity (Wildman–Crippen MR) is 133 cm³/mol. The minimum Gasteiger partial charge on any atom is -0.465 e. The molecule has 0 atom stereocenters. The van der Waals surface area contributed by atoms with Crippen LogP contribution in [0, 0.1) is 0 Å². The van der Waals surface area contributed by atoms with Gasteiger partial charge >= 0.3 is 6.09 Å². The maximum absolute atomic E-state index is 11.5. The molecule has 182 valence electrons. The largest absolute Gasteiger partial charge is 0.465 e. The molecule has 0 unspecified atom stereocenters. The summed E-state index contributed by atoms with van der Waals surface area (Å²) in [5.74, 6) is 0.868. The molecule has 12 nitrogen and oxygen atoms in total.